The maximum Gasteiger partial charge on any atom is 0.246 e. The van der Waals surface area contributed by atoms with Gasteiger partial charge in [0.05, 0.1) is 0 Å². The van der Waals surface area contributed by atoms with Gasteiger partial charge >= 0.3 is 0 Å². The van der Waals surface area contributed by atoms with Crippen molar-refractivity contribution in [3.63, 3.8) is 0 Å². The largest absolute Gasteiger partial charge is 0.462 e. The van der Waals surface area contributed by atoms with Crippen LogP contribution < -0.4 is 0 Å². The Bertz CT molecular complexity index is 488. The van der Waals surface area contributed by atoms with Gasteiger partial charge in [0.15, 0.2) is 0 Å². The highest BCUT2D eigenvalue weighted by atomic mass is 32.2. The van der Waals surface area contributed by atoms with E-state index in [4.69, 9.17) is 9.52 Å². The van der Waals surface area contributed by atoms with Crippen molar-refractivity contribution < 1.29 is 17.9 Å². The zero-order chi connectivity index (χ0) is 12.5. The zero-order valence-corrected chi connectivity index (χ0v) is 11.2. The first-order valence-electron chi connectivity index (χ1n) is 5.34. The van der Waals surface area contributed by atoms with E-state index in [0.29, 0.717) is 18.8 Å². The summed E-state index contributed by atoms with van der Waals surface area (Å²) >= 11 is 1.75. The lowest BCUT2D eigenvalue weighted by Crippen LogP contribution is -2.37. The minimum atomic E-state index is -3.47. The number of aliphatic hydroxyl groups excluding tert-OH is 1. The van der Waals surface area contributed by atoms with Crippen molar-refractivity contribution in [1.29, 1.82) is 0 Å². The summed E-state index contributed by atoms with van der Waals surface area (Å²) in [5, 5.41) is 8.95. The number of aliphatic hydroxyl groups is 1. The van der Waals surface area contributed by atoms with Crippen LogP contribution in [0.4, 0.5) is 0 Å². The molecular formula is C10H15NO4S2. The molecule has 0 unspecified atom stereocenters. The number of hydrogen-bond donors (Lipinski definition) is 1. The molecule has 0 aromatic carbocycles. The summed E-state index contributed by atoms with van der Waals surface area (Å²) in [6.07, 6.45) is 0. The fourth-order valence-electron chi connectivity index (χ4n) is 1.78. The van der Waals surface area contributed by atoms with Gasteiger partial charge in [0.2, 0.25) is 10.0 Å². The van der Waals surface area contributed by atoms with E-state index in [-0.39, 0.29) is 17.3 Å². The molecule has 1 N–H and O–H groups in total. The first-order valence-corrected chi connectivity index (χ1v) is 7.93. The van der Waals surface area contributed by atoms with Gasteiger partial charge in [-0.2, -0.15) is 16.1 Å². The standard InChI is InChI=1S/C10H15NO4S2/c1-8-10(6-9(7-12)15-8)17(13,14)11-2-4-16-5-3-11/h6,12H,2-5,7H2,1H3. The lowest BCUT2D eigenvalue weighted by atomic mass is 10.4. The molecule has 1 fully saturated rings. The van der Waals surface area contributed by atoms with Crippen LogP contribution >= 0.6 is 11.8 Å². The summed E-state index contributed by atoms with van der Waals surface area (Å²) in [5.41, 5.74) is 0. The van der Waals surface area contributed by atoms with Gasteiger partial charge in [-0.05, 0) is 6.92 Å². The molecule has 0 saturated carbocycles. The predicted octanol–water partition coefficient (Wildman–Crippen LogP) is 0.818. The molecule has 96 valence electrons. The van der Waals surface area contributed by atoms with Gasteiger partial charge in [-0.1, -0.05) is 0 Å². The van der Waals surface area contributed by atoms with E-state index in [1.54, 1.807) is 18.7 Å². The first-order chi connectivity index (χ1) is 8.05. The van der Waals surface area contributed by atoms with Gasteiger partial charge in [0.1, 0.15) is 23.0 Å². The smallest absolute Gasteiger partial charge is 0.246 e. The molecule has 1 saturated heterocycles. The molecule has 0 aliphatic carbocycles. The van der Waals surface area contributed by atoms with Crippen molar-refractivity contribution in [3.05, 3.63) is 17.6 Å². The van der Waals surface area contributed by atoms with E-state index in [1.165, 1.54) is 10.4 Å². The van der Waals surface area contributed by atoms with Gasteiger partial charge in [0.25, 0.3) is 0 Å². The molecule has 1 aliphatic rings. The Morgan fingerprint density at radius 1 is 1.47 bits per heavy atom. The quantitative estimate of drug-likeness (QED) is 0.885. The summed E-state index contributed by atoms with van der Waals surface area (Å²) in [4.78, 5) is 0.174. The summed E-state index contributed by atoms with van der Waals surface area (Å²) in [5.74, 6) is 2.27. The Hall–Kier alpha value is -0.500. The third-order valence-corrected chi connectivity index (χ3v) is 5.62. The van der Waals surface area contributed by atoms with Crippen LogP contribution in [0.2, 0.25) is 0 Å². The highest BCUT2D eigenvalue weighted by molar-refractivity contribution is 7.99. The molecular weight excluding hydrogens is 262 g/mol. The molecule has 0 spiro atoms. The van der Waals surface area contributed by atoms with Crippen LogP contribution in [0, 0.1) is 6.92 Å². The Labute approximate surface area is 105 Å². The maximum absolute atomic E-state index is 12.3. The monoisotopic (exact) mass is 277 g/mol. The van der Waals surface area contributed by atoms with Crippen molar-refractivity contribution in [1.82, 2.24) is 4.31 Å². The summed E-state index contributed by atoms with van der Waals surface area (Å²) in [7, 11) is -3.47. The molecule has 0 amide bonds. The van der Waals surface area contributed by atoms with Crippen LogP contribution in [0.25, 0.3) is 0 Å². The molecule has 1 aliphatic heterocycles. The molecule has 0 radical (unpaired) electrons. The molecule has 17 heavy (non-hydrogen) atoms. The zero-order valence-electron chi connectivity index (χ0n) is 9.55. The van der Waals surface area contributed by atoms with Crippen LogP contribution in [0.5, 0.6) is 0 Å². The average molecular weight is 277 g/mol. The third-order valence-electron chi connectivity index (χ3n) is 2.67. The van der Waals surface area contributed by atoms with Gasteiger partial charge in [-0.25, -0.2) is 8.42 Å². The predicted molar refractivity (Wildman–Crippen MR) is 65.5 cm³/mol. The molecule has 2 heterocycles. The fraction of sp³-hybridized carbons (Fsp3) is 0.600. The molecule has 0 atom stereocenters. The van der Waals surface area contributed by atoms with Crippen molar-refractivity contribution in [2.24, 2.45) is 0 Å². The number of rotatable bonds is 3. The second-order valence-electron chi connectivity index (χ2n) is 3.81. The minimum absolute atomic E-state index is 0.174. The van der Waals surface area contributed by atoms with Crippen molar-refractivity contribution in [2.45, 2.75) is 18.4 Å². The van der Waals surface area contributed by atoms with Crippen LogP contribution in [0.15, 0.2) is 15.4 Å². The van der Waals surface area contributed by atoms with Crippen LogP contribution in [0.3, 0.4) is 0 Å². The molecule has 7 heteroatoms. The lowest BCUT2D eigenvalue weighted by Gasteiger charge is -2.25. The number of thioether (sulfide) groups is 1. The van der Waals surface area contributed by atoms with E-state index in [9.17, 15) is 8.42 Å². The first kappa shape index (κ1) is 12.9. The Balaban J connectivity index is 2.33. The van der Waals surface area contributed by atoms with Gasteiger partial charge < -0.3 is 9.52 Å². The summed E-state index contributed by atoms with van der Waals surface area (Å²) in [6, 6.07) is 1.41. The summed E-state index contributed by atoms with van der Waals surface area (Å²) < 4.78 is 31.3. The van der Waals surface area contributed by atoms with Crippen LogP contribution in [0.1, 0.15) is 11.5 Å². The highest BCUT2D eigenvalue weighted by Gasteiger charge is 2.29. The minimum Gasteiger partial charge on any atom is -0.462 e. The lowest BCUT2D eigenvalue weighted by molar-refractivity contribution is 0.244. The van der Waals surface area contributed by atoms with Gasteiger partial charge in [-0.15, -0.1) is 0 Å². The van der Waals surface area contributed by atoms with E-state index in [2.05, 4.69) is 0 Å². The summed E-state index contributed by atoms with van der Waals surface area (Å²) in [6.45, 7) is 2.38. The maximum atomic E-state index is 12.3. The van der Waals surface area contributed by atoms with Crippen molar-refractivity contribution >= 4 is 21.8 Å². The Morgan fingerprint density at radius 2 is 2.12 bits per heavy atom. The third kappa shape index (κ3) is 2.52. The topological polar surface area (TPSA) is 70.8 Å². The Kier molecular flexibility index (Phi) is 3.82. The van der Waals surface area contributed by atoms with Crippen molar-refractivity contribution in [2.75, 3.05) is 24.6 Å². The second-order valence-corrected chi connectivity index (χ2v) is 6.94. The van der Waals surface area contributed by atoms with Gasteiger partial charge in [0, 0.05) is 30.7 Å². The molecule has 1 aromatic heterocycles. The van der Waals surface area contributed by atoms with Crippen molar-refractivity contribution in [3.8, 4) is 0 Å². The molecule has 0 bridgehead atoms. The van der Waals surface area contributed by atoms with E-state index in [1.807, 2.05) is 0 Å². The second kappa shape index (κ2) is 5.01. The molecule has 5 nitrogen and oxygen atoms in total. The number of nitrogens with zero attached hydrogens (tertiary/aromatic N) is 1. The number of aryl methyl sites for hydroxylation is 1. The fourth-order valence-corrected chi connectivity index (χ4v) is 4.55. The van der Waals surface area contributed by atoms with E-state index in [0.717, 1.165) is 11.5 Å². The molecule has 1 aromatic rings. The van der Waals surface area contributed by atoms with Crippen LogP contribution in [-0.4, -0.2) is 42.4 Å². The average Bonchev–Trinajstić information content (AvgIpc) is 2.72. The van der Waals surface area contributed by atoms with Gasteiger partial charge in [-0.3, -0.25) is 0 Å². The number of furan rings is 1. The SMILES string of the molecule is Cc1oc(CO)cc1S(=O)(=O)N1CCSCC1. The van der Waals surface area contributed by atoms with E-state index >= 15 is 0 Å². The Morgan fingerprint density at radius 3 is 2.65 bits per heavy atom. The van der Waals surface area contributed by atoms with Crippen LogP contribution in [-0.2, 0) is 16.6 Å². The molecule has 2 rings (SSSR count). The number of hydrogen-bond acceptors (Lipinski definition) is 5. The number of sulfonamides is 1. The normalized spacial score (nSPS) is 18.5. The highest BCUT2D eigenvalue weighted by Crippen LogP contribution is 2.25. The van der Waals surface area contributed by atoms with E-state index < -0.39 is 10.0 Å².